The van der Waals surface area contributed by atoms with Crippen LogP contribution in [0.1, 0.15) is 0 Å². The van der Waals surface area contributed by atoms with Crippen molar-refractivity contribution in [1.29, 1.82) is 0 Å². The highest BCUT2D eigenvalue weighted by Gasteiger charge is 2.19. The van der Waals surface area contributed by atoms with E-state index in [4.69, 9.17) is 0 Å². The zero-order valence-electron chi connectivity index (χ0n) is 13.5. The van der Waals surface area contributed by atoms with Gasteiger partial charge < -0.3 is 0 Å². The summed E-state index contributed by atoms with van der Waals surface area (Å²) >= 11 is 3.46. The van der Waals surface area contributed by atoms with Gasteiger partial charge in [-0.25, -0.2) is 12.8 Å². The zero-order chi connectivity index (χ0) is 19.0. The fourth-order valence-electron chi connectivity index (χ4n) is 2.64. The van der Waals surface area contributed by atoms with Crippen LogP contribution in [-0.2, 0) is 10.0 Å². The van der Waals surface area contributed by atoms with Crippen molar-refractivity contribution >= 4 is 42.4 Å². The number of hydrogen-bond acceptors (Lipinski definition) is 5. The zero-order valence-corrected chi connectivity index (χ0v) is 15.9. The second-order valence-corrected chi connectivity index (χ2v) is 8.20. The van der Waals surface area contributed by atoms with Gasteiger partial charge >= 0.3 is 0 Å². The van der Waals surface area contributed by atoms with Crippen LogP contribution in [0.2, 0.25) is 0 Å². The Kier molecular flexibility index (Phi) is 4.36. The summed E-state index contributed by atoms with van der Waals surface area (Å²) < 4.78 is 42.9. The number of fused-ring (bicyclic) bond motifs is 1. The van der Waals surface area contributed by atoms with Crippen LogP contribution in [0.25, 0.3) is 22.2 Å². The summed E-state index contributed by atoms with van der Waals surface area (Å²) in [5.41, 5.74) is 0.333. The molecule has 27 heavy (non-hydrogen) atoms. The number of rotatable bonds is 4. The van der Waals surface area contributed by atoms with E-state index >= 15 is 0 Å². The smallest absolute Gasteiger partial charge is 0.261 e. The van der Waals surface area contributed by atoms with Gasteiger partial charge in [0.2, 0.25) is 5.82 Å². The molecule has 7 nitrogen and oxygen atoms in total. The van der Waals surface area contributed by atoms with Crippen LogP contribution in [-0.4, -0.2) is 29.0 Å². The van der Waals surface area contributed by atoms with Crippen LogP contribution in [0.4, 0.5) is 10.1 Å². The number of nitrogens with zero attached hydrogens (tertiary/aromatic N) is 3. The van der Waals surface area contributed by atoms with Gasteiger partial charge in [-0.1, -0.05) is 34.1 Å². The third-order valence-electron chi connectivity index (χ3n) is 3.91. The van der Waals surface area contributed by atoms with E-state index in [9.17, 15) is 12.8 Å². The van der Waals surface area contributed by atoms with Crippen molar-refractivity contribution in [2.24, 2.45) is 0 Å². The molecule has 0 aliphatic rings. The number of anilines is 1. The van der Waals surface area contributed by atoms with E-state index in [1.807, 2.05) is 24.3 Å². The molecular formula is C17H11BrFN5O2S. The Morgan fingerprint density at radius 2 is 1.93 bits per heavy atom. The molecule has 0 radical (unpaired) electrons. The number of H-pyrrole nitrogens is 1. The molecular weight excluding hydrogens is 437 g/mol. The van der Waals surface area contributed by atoms with Gasteiger partial charge in [0.25, 0.3) is 10.0 Å². The van der Waals surface area contributed by atoms with Crippen LogP contribution in [0.3, 0.4) is 0 Å². The SMILES string of the molecule is O=S(=O)(Nc1ccc2c(Br)cccc2c1)c1ccc(F)c(-c2nn[nH]n2)c1. The van der Waals surface area contributed by atoms with Gasteiger partial charge in [-0.3, -0.25) is 4.72 Å². The molecule has 1 heterocycles. The molecule has 0 amide bonds. The number of aromatic amines is 1. The number of nitrogens with one attached hydrogen (secondary N) is 2. The normalized spacial score (nSPS) is 11.6. The first-order valence-corrected chi connectivity index (χ1v) is 9.96. The molecule has 10 heteroatoms. The molecule has 0 aliphatic heterocycles. The van der Waals surface area contributed by atoms with Gasteiger partial charge in [0.1, 0.15) is 5.82 Å². The third-order valence-corrected chi connectivity index (χ3v) is 5.98. The second kappa shape index (κ2) is 6.71. The van der Waals surface area contributed by atoms with Gasteiger partial charge in [-0.2, -0.15) is 5.21 Å². The van der Waals surface area contributed by atoms with E-state index < -0.39 is 15.8 Å². The molecule has 0 fully saturated rings. The average molecular weight is 448 g/mol. The number of aromatic nitrogens is 4. The molecule has 0 aliphatic carbocycles. The lowest BCUT2D eigenvalue weighted by Gasteiger charge is -2.10. The van der Waals surface area contributed by atoms with Crippen molar-refractivity contribution in [3.63, 3.8) is 0 Å². The second-order valence-electron chi connectivity index (χ2n) is 5.66. The summed E-state index contributed by atoms with van der Waals surface area (Å²) in [5, 5.41) is 14.8. The molecule has 0 bridgehead atoms. The monoisotopic (exact) mass is 447 g/mol. The fourth-order valence-corrected chi connectivity index (χ4v) is 4.23. The molecule has 0 saturated heterocycles. The van der Waals surface area contributed by atoms with Crippen molar-refractivity contribution < 1.29 is 12.8 Å². The Labute approximate surface area is 161 Å². The number of benzene rings is 3. The Balaban J connectivity index is 1.71. The lowest BCUT2D eigenvalue weighted by Crippen LogP contribution is -2.13. The molecule has 4 aromatic rings. The predicted molar refractivity (Wildman–Crippen MR) is 102 cm³/mol. The lowest BCUT2D eigenvalue weighted by molar-refractivity contribution is 0.600. The molecule has 136 valence electrons. The third kappa shape index (κ3) is 3.40. The number of tetrazole rings is 1. The minimum Gasteiger partial charge on any atom is -0.280 e. The van der Waals surface area contributed by atoms with Gasteiger partial charge in [-0.15, -0.1) is 10.2 Å². The van der Waals surface area contributed by atoms with Crippen LogP contribution in [0.15, 0.2) is 64.0 Å². The standard InChI is InChI=1S/C17H11BrFN5O2S/c18-15-3-1-2-10-8-11(4-6-13(10)15)22-27(25,26)12-5-7-16(19)14(9-12)17-20-23-24-21-17/h1-9,22H,(H,20,21,23,24). The van der Waals surface area contributed by atoms with Crippen molar-refractivity contribution in [2.45, 2.75) is 4.90 Å². The Bertz CT molecular complexity index is 1250. The topological polar surface area (TPSA) is 101 Å². The Hall–Kier alpha value is -2.85. The van der Waals surface area contributed by atoms with Crippen molar-refractivity contribution in [3.05, 3.63) is 64.9 Å². The Morgan fingerprint density at radius 3 is 2.70 bits per heavy atom. The molecule has 1 aromatic heterocycles. The molecule has 0 spiro atoms. The minimum atomic E-state index is -3.94. The maximum absolute atomic E-state index is 14.0. The first-order valence-electron chi connectivity index (χ1n) is 7.68. The average Bonchev–Trinajstić information content (AvgIpc) is 3.16. The first-order chi connectivity index (χ1) is 12.9. The molecule has 0 unspecified atom stereocenters. The predicted octanol–water partition coefficient (Wildman–Crippen LogP) is 3.72. The molecule has 0 saturated carbocycles. The van der Waals surface area contributed by atoms with E-state index in [0.717, 1.165) is 21.3 Å². The van der Waals surface area contributed by atoms with Crippen LogP contribution < -0.4 is 4.72 Å². The highest BCUT2D eigenvalue weighted by molar-refractivity contribution is 9.10. The largest absolute Gasteiger partial charge is 0.280 e. The van der Waals surface area contributed by atoms with Crippen LogP contribution in [0.5, 0.6) is 0 Å². The maximum Gasteiger partial charge on any atom is 0.261 e. The lowest BCUT2D eigenvalue weighted by atomic mass is 10.1. The van der Waals surface area contributed by atoms with Gasteiger partial charge in [0.05, 0.1) is 10.5 Å². The Morgan fingerprint density at radius 1 is 1.07 bits per heavy atom. The summed E-state index contributed by atoms with van der Waals surface area (Å²) in [4.78, 5) is -0.113. The number of sulfonamides is 1. The van der Waals surface area contributed by atoms with Crippen LogP contribution >= 0.6 is 15.9 Å². The summed E-state index contributed by atoms with van der Waals surface area (Å²) in [5.74, 6) is -0.675. The summed E-state index contributed by atoms with van der Waals surface area (Å²) in [7, 11) is -3.94. The number of halogens is 2. The van der Waals surface area contributed by atoms with E-state index in [1.54, 1.807) is 12.1 Å². The van der Waals surface area contributed by atoms with E-state index in [-0.39, 0.29) is 16.3 Å². The van der Waals surface area contributed by atoms with Crippen molar-refractivity contribution in [1.82, 2.24) is 20.6 Å². The first kappa shape index (κ1) is 17.6. The van der Waals surface area contributed by atoms with Crippen molar-refractivity contribution in [3.8, 4) is 11.4 Å². The van der Waals surface area contributed by atoms with E-state index in [1.165, 1.54) is 12.1 Å². The summed E-state index contributed by atoms with van der Waals surface area (Å²) in [6.45, 7) is 0. The quantitative estimate of drug-likeness (QED) is 0.496. The van der Waals surface area contributed by atoms with E-state index in [2.05, 4.69) is 41.3 Å². The van der Waals surface area contributed by atoms with Crippen molar-refractivity contribution in [2.75, 3.05) is 4.72 Å². The highest BCUT2D eigenvalue weighted by atomic mass is 79.9. The van der Waals surface area contributed by atoms with Crippen LogP contribution in [0, 0.1) is 5.82 Å². The maximum atomic E-state index is 14.0. The highest BCUT2D eigenvalue weighted by Crippen LogP contribution is 2.28. The summed E-state index contributed by atoms with van der Waals surface area (Å²) in [6.07, 6.45) is 0. The number of hydrogen-bond donors (Lipinski definition) is 2. The molecule has 2 N–H and O–H groups in total. The minimum absolute atomic E-state index is 0.0277. The molecule has 3 aromatic carbocycles. The van der Waals surface area contributed by atoms with Gasteiger partial charge in [-0.05, 0) is 52.4 Å². The van der Waals surface area contributed by atoms with Gasteiger partial charge in [0, 0.05) is 10.2 Å². The van der Waals surface area contributed by atoms with Gasteiger partial charge in [0.15, 0.2) is 0 Å². The van der Waals surface area contributed by atoms with E-state index in [0.29, 0.717) is 5.69 Å². The fraction of sp³-hybridized carbons (Fsp3) is 0. The molecule has 4 rings (SSSR count). The molecule has 0 atom stereocenters. The summed E-state index contributed by atoms with van der Waals surface area (Å²) in [6, 6.07) is 14.2.